The van der Waals surface area contributed by atoms with Crippen LogP contribution in [0.25, 0.3) is 11.0 Å². The van der Waals surface area contributed by atoms with E-state index in [0.717, 1.165) is 23.9 Å². The quantitative estimate of drug-likeness (QED) is 0.614. The number of para-hydroxylation sites is 2. The number of rotatable bonds is 6. The van der Waals surface area contributed by atoms with E-state index in [2.05, 4.69) is 21.4 Å². The largest absolute Gasteiger partial charge is 0.455 e. The van der Waals surface area contributed by atoms with Crippen LogP contribution in [0.3, 0.4) is 0 Å². The molecule has 1 aliphatic carbocycles. The molecule has 0 radical (unpaired) electrons. The molecule has 2 aromatic rings. The molecule has 1 aromatic heterocycles. The number of hydrogen-bond acceptors (Lipinski definition) is 7. The van der Waals surface area contributed by atoms with E-state index < -0.39 is 17.4 Å². The number of carbonyl (C=O) groups excluding carboxylic acids is 2. The highest BCUT2D eigenvalue weighted by Gasteiger charge is 2.35. The topological polar surface area (TPSA) is 105 Å². The Labute approximate surface area is 155 Å². The first kappa shape index (κ1) is 18.1. The van der Waals surface area contributed by atoms with Crippen LogP contribution in [-0.2, 0) is 14.3 Å². The second kappa shape index (κ2) is 8.15. The third kappa shape index (κ3) is 4.49. The van der Waals surface area contributed by atoms with Crippen molar-refractivity contribution >= 4 is 34.7 Å². The van der Waals surface area contributed by atoms with E-state index in [9.17, 15) is 14.9 Å². The molecule has 1 amide bonds. The molecular formula is C18H18N4O3S. The van der Waals surface area contributed by atoms with E-state index in [-0.39, 0.29) is 12.4 Å². The third-order valence-electron chi connectivity index (χ3n) is 4.18. The number of esters is 1. The minimum absolute atomic E-state index is 0.0314. The normalized spacial score (nSPS) is 15.3. The number of fused-ring (bicyclic) bond motifs is 1. The molecule has 1 N–H and O–H groups in total. The zero-order valence-electron chi connectivity index (χ0n) is 14.1. The molecule has 0 spiro atoms. The van der Waals surface area contributed by atoms with Gasteiger partial charge in [-0.25, -0.2) is 4.98 Å². The van der Waals surface area contributed by atoms with Crippen LogP contribution in [0.4, 0.5) is 0 Å². The Kier molecular flexibility index (Phi) is 5.68. The van der Waals surface area contributed by atoms with Crippen LogP contribution in [0.15, 0.2) is 35.5 Å². The zero-order chi connectivity index (χ0) is 18.4. The number of hydrogen-bond donors (Lipinski definition) is 1. The standard InChI is InChI=1S/C18H18N4O3S/c19-12-18(7-3-4-8-18)22-15(23)10-25-17(24)11-26-16-9-20-13-5-1-2-6-14(13)21-16/h1-2,5-6,9H,3-4,7-8,10-11H2,(H,22,23). The van der Waals surface area contributed by atoms with E-state index >= 15 is 0 Å². The predicted molar refractivity (Wildman–Crippen MR) is 96.2 cm³/mol. The fourth-order valence-electron chi connectivity index (χ4n) is 2.88. The van der Waals surface area contributed by atoms with Gasteiger partial charge in [0.1, 0.15) is 10.6 Å². The second-order valence-electron chi connectivity index (χ2n) is 6.10. The number of nitriles is 1. The molecule has 26 heavy (non-hydrogen) atoms. The van der Waals surface area contributed by atoms with Gasteiger partial charge in [-0.1, -0.05) is 23.9 Å². The highest BCUT2D eigenvalue weighted by molar-refractivity contribution is 7.99. The van der Waals surface area contributed by atoms with Crippen molar-refractivity contribution in [2.75, 3.05) is 12.4 Å². The van der Waals surface area contributed by atoms with E-state index in [1.807, 2.05) is 24.3 Å². The first-order valence-electron chi connectivity index (χ1n) is 8.33. The summed E-state index contributed by atoms with van der Waals surface area (Å²) in [6, 6.07) is 9.63. The maximum atomic E-state index is 11.9. The van der Waals surface area contributed by atoms with Gasteiger partial charge in [0.2, 0.25) is 0 Å². The summed E-state index contributed by atoms with van der Waals surface area (Å²) in [4.78, 5) is 32.4. The Hall–Kier alpha value is -2.66. The van der Waals surface area contributed by atoms with E-state index in [0.29, 0.717) is 17.9 Å². The van der Waals surface area contributed by atoms with Crippen LogP contribution < -0.4 is 5.32 Å². The molecule has 1 heterocycles. The molecule has 1 fully saturated rings. The van der Waals surface area contributed by atoms with Crippen molar-refractivity contribution in [2.24, 2.45) is 0 Å². The van der Waals surface area contributed by atoms with Crippen molar-refractivity contribution in [1.82, 2.24) is 15.3 Å². The molecule has 1 saturated carbocycles. The summed E-state index contributed by atoms with van der Waals surface area (Å²) < 4.78 is 4.98. The van der Waals surface area contributed by atoms with Gasteiger partial charge >= 0.3 is 5.97 Å². The van der Waals surface area contributed by atoms with Gasteiger partial charge in [0.15, 0.2) is 6.61 Å². The average Bonchev–Trinajstić information content (AvgIpc) is 3.13. The van der Waals surface area contributed by atoms with Crippen molar-refractivity contribution in [1.29, 1.82) is 5.26 Å². The summed E-state index contributed by atoms with van der Waals surface area (Å²) in [7, 11) is 0. The highest BCUT2D eigenvalue weighted by Crippen LogP contribution is 2.28. The molecule has 3 rings (SSSR count). The van der Waals surface area contributed by atoms with E-state index in [1.54, 1.807) is 6.20 Å². The summed E-state index contributed by atoms with van der Waals surface area (Å²) in [5.74, 6) is -0.932. The smallest absolute Gasteiger partial charge is 0.316 e. The molecule has 1 aliphatic rings. The second-order valence-corrected chi connectivity index (χ2v) is 7.09. The van der Waals surface area contributed by atoms with Crippen molar-refractivity contribution < 1.29 is 14.3 Å². The monoisotopic (exact) mass is 370 g/mol. The molecule has 0 saturated heterocycles. The Morgan fingerprint density at radius 1 is 1.27 bits per heavy atom. The molecule has 7 nitrogen and oxygen atoms in total. The Morgan fingerprint density at radius 2 is 2.00 bits per heavy atom. The van der Waals surface area contributed by atoms with Crippen molar-refractivity contribution in [3.05, 3.63) is 30.5 Å². The van der Waals surface area contributed by atoms with Crippen LogP contribution in [-0.4, -0.2) is 39.7 Å². The summed E-state index contributed by atoms with van der Waals surface area (Å²) in [5, 5.41) is 12.5. The lowest BCUT2D eigenvalue weighted by molar-refractivity contribution is -0.146. The first-order valence-corrected chi connectivity index (χ1v) is 9.31. The minimum Gasteiger partial charge on any atom is -0.455 e. The molecule has 8 heteroatoms. The molecule has 0 atom stereocenters. The number of nitrogens with one attached hydrogen (secondary N) is 1. The van der Waals surface area contributed by atoms with Crippen LogP contribution in [0.1, 0.15) is 25.7 Å². The van der Waals surface area contributed by atoms with Gasteiger partial charge < -0.3 is 10.1 Å². The van der Waals surface area contributed by atoms with Crippen LogP contribution in [0.5, 0.6) is 0 Å². The molecule has 134 valence electrons. The first-order chi connectivity index (χ1) is 12.6. The average molecular weight is 370 g/mol. The maximum absolute atomic E-state index is 11.9. The SMILES string of the molecule is N#CC1(NC(=O)COC(=O)CSc2cnc3ccccc3n2)CCCC1. The highest BCUT2D eigenvalue weighted by atomic mass is 32.2. The van der Waals surface area contributed by atoms with Crippen molar-refractivity contribution in [3.8, 4) is 6.07 Å². The molecular weight excluding hydrogens is 352 g/mol. The molecule has 0 unspecified atom stereocenters. The predicted octanol–water partition coefficient (Wildman–Crippen LogP) is 2.22. The van der Waals surface area contributed by atoms with Crippen LogP contribution in [0, 0.1) is 11.3 Å². The summed E-state index contributed by atoms with van der Waals surface area (Å²) >= 11 is 1.20. The van der Waals surface area contributed by atoms with E-state index in [1.165, 1.54) is 11.8 Å². The third-order valence-corrected chi connectivity index (χ3v) is 5.05. The number of carbonyl (C=O) groups is 2. The number of nitrogens with zero attached hydrogens (tertiary/aromatic N) is 3. The summed E-state index contributed by atoms with van der Waals surface area (Å²) in [6.45, 7) is -0.383. The Balaban J connectivity index is 1.45. The van der Waals surface area contributed by atoms with Crippen molar-refractivity contribution in [3.63, 3.8) is 0 Å². The van der Waals surface area contributed by atoms with Gasteiger partial charge in [-0.3, -0.25) is 14.6 Å². The van der Waals surface area contributed by atoms with Gasteiger partial charge in [-0.15, -0.1) is 0 Å². The molecule has 1 aromatic carbocycles. The number of aromatic nitrogens is 2. The maximum Gasteiger partial charge on any atom is 0.316 e. The van der Waals surface area contributed by atoms with Gasteiger partial charge in [0, 0.05) is 0 Å². The summed E-state index contributed by atoms with van der Waals surface area (Å²) in [5.41, 5.74) is 0.733. The fraction of sp³-hybridized carbons (Fsp3) is 0.389. The van der Waals surface area contributed by atoms with Gasteiger partial charge in [-0.05, 0) is 37.8 Å². The van der Waals surface area contributed by atoms with E-state index in [4.69, 9.17) is 4.74 Å². The minimum atomic E-state index is -0.807. The summed E-state index contributed by atoms with van der Waals surface area (Å²) in [6.07, 6.45) is 4.71. The molecule has 0 bridgehead atoms. The number of ether oxygens (including phenoxy) is 1. The van der Waals surface area contributed by atoms with Gasteiger partial charge in [0.25, 0.3) is 5.91 Å². The lowest BCUT2D eigenvalue weighted by Crippen LogP contribution is -2.46. The fourth-order valence-corrected chi connectivity index (χ4v) is 3.52. The van der Waals surface area contributed by atoms with Crippen LogP contribution >= 0.6 is 11.8 Å². The lowest BCUT2D eigenvalue weighted by Gasteiger charge is -2.21. The van der Waals surface area contributed by atoms with Gasteiger partial charge in [-0.2, -0.15) is 5.26 Å². The lowest BCUT2D eigenvalue weighted by atomic mass is 10.00. The number of amides is 1. The number of thioether (sulfide) groups is 1. The van der Waals surface area contributed by atoms with Crippen LogP contribution in [0.2, 0.25) is 0 Å². The zero-order valence-corrected chi connectivity index (χ0v) is 14.9. The molecule has 0 aliphatic heterocycles. The van der Waals surface area contributed by atoms with Gasteiger partial charge in [0.05, 0.1) is 29.1 Å². The Bertz CT molecular complexity index is 859. The Morgan fingerprint density at radius 3 is 2.73 bits per heavy atom. The number of benzene rings is 1. The van der Waals surface area contributed by atoms with Crippen molar-refractivity contribution in [2.45, 2.75) is 36.2 Å².